The number of imidazole rings is 1. The SMILES string of the molecule is CC(C)(C)c1cc(C2CCC(F)(F)CC2)nn2cc(C=O)nc12.CN1CCNC(=O)C1(C)C. The van der Waals surface area contributed by atoms with Crippen molar-refractivity contribution in [3.8, 4) is 0 Å². The van der Waals surface area contributed by atoms with E-state index in [0.29, 0.717) is 30.5 Å². The Kier molecular flexibility index (Phi) is 6.94. The number of alkyl halides is 2. The summed E-state index contributed by atoms with van der Waals surface area (Å²) < 4.78 is 28.4. The number of carbonyl (C=O) groups is 2. The molecule has 1 aliphatic heterocycles. The molecule has 182 valence electrons. The standard InChI is InChI=1S/C17H21F2N3O.C7H14N2O/c1-16(2,3)13-8-14(11-4-6-17(18,19)7-5-11)21-22-9-12(10-23)20-15(13)22;1-7(2)6(10)8-4-5-9(7)3/h8-11H,4-7H2,1-3H3;4-5H2,1-3H3,(H,8,10). The average Bonchev–Trinajstić information content (AvgIpc) is 3.14. The van der Waals surface area contributed by atoms with Gasteiger partial charge in [-0.1, -0.05) is 20.8 Å². The first kappa shape index (κ1) is 25.2. The number of piperazine rings is 1. The third kappa shape index (κ3) is 5.57. The fourth-order valence-electron chi connectivity index (χ4n) is 4.16. The van der Waals surface area contributed by atoms with Gasteiger partial charge in [0.25, 0.3) is 0 Å². The highest BCUT2D eigenvalue weighted by atomic mass is 19.3. The number of aldehydes is 1. The smallest absolute Gasteiger partial charge is 0.248 e. The van der Waals surface area contributed by atoms with Crippen LogP contribution in [-0.4, -0.2) is 63.3 Å². The van der Waals surface area contributed by atoms with Crippen LogP contribution in [-0.2, 0) is 10.2 Å². The van der Waals surface area contributed by atoms with E-state index >= 15 is 0 Å². The van der Waals surface area contributed by atoms with Crippen LogP contribution in [0.4, 0.5) is 8.78 Å². The van der Waals surface area contributed by atoms with Gasteiger partial charge in [0.2, 0.25) is 11.8 Å². The van der Waals surface area contributed by atoms with Crippen molar-refractivity contribution in [1.29, 1.82) is 0 Å². The Morgan fingerprint density at radius 1 is 1.21 bits per heavy atom. The number of amides is 1. The van der Waals surface area contributed by atoms with Gasteiger partial charge in [-0.15, -0.1) is 0 Å². The first-order chi connectivity index (χ1) is 15.2. The van der Waals surface area contributed by atoms with Crippen molar-refractivity contribution in [2.75, 3.05) is 20.1 Å². The summed E-state index contributed by atoms with van der Waals surface area (Å²) in [7, 11) is 1.97. The van der Waals surface area contributed by atoms with Crippen LogP contribution in [0.5, 0.6) is 0 Å². The zero-order valence-corrected chi connectivity index (χ0v) is 20.4. The van der Waals surface area contributed by atoms with Gasteiger partial charge in [-0.3, -0.25) is 14.5 Å². The van der Waals surface area contributed by atoms with Crippen molar-refractivity contribution >= 4 is 17.8 Å². The van der Waals surface area contributed by atoms with Crippen LogP contribution in [0.25, 0.3) is 5.65 Å². The van der Waals surface area contributed by atoms with Crippen LogP contribution in [0.2, 0.25) is 0 Å². The molecule has 0 bridgehead atoms. The lowest BCUT2D eigenvalue weighted by molar-refractivity contribution is -0.133. The van der Waals surface area contributed by atoms with Crippen LogP contribution in [0, 0.1) is 0 Å². The second kappa shape index (κ2) is 9.08. The molecule has 2 fully saturated rings. The summed E-state index contributed by atoms with van der Waals surface area (Å²) >= 11 is 0. The summed E-state index contributed by atoms with van der Waals surface area (Å²) in [6, 6.07) is 1.98. The maximum Gasteiger partial charge on any atom is 0.248 e. The third-order valence-electron chi connectivity index (χ3n) is 6.77. The van der Waals surface area contributed by atoms with Gasteiger partial charge < -0.3 is 5.32 Å². The van der Waals surface area contributed by atoms with Gasteiger partial charge in [0, 0.05) is 37.4 Å². The Bertz CT molecular complexity index is 1020. The van der Waals surface area contributed by atoms with Gasteiger partial charge in [0.1, 0.15) is 5.69 Å². The minimum Gasteiger partial charge on any atom is -0.353 e. The van der Waals surface area contributed by atoms with Crippen molar-refractivity contribution in [1.82, 2.24) is 24.8 Å². The Labute approximate surface area is 193 Å². The number of nitrogens with zero attached hydrogens (tertiary/aromatic N) is 4. The molecule has 0 spiro atoms. The number of halogens is 2. The molecule has 1 N–H and O–H groups in total. The van der Waals surface area contributed by atoms with E-state index in [2.05, 4.69) is 41.1 Å². The van der Waals surface area contributed by atoms with E-state index in [1.54, 1.807) is 10.7 Å². The van der Waals surface area contributed by atoms with Crippen LogP contribution >= 0.6 is 0 Å². The van der Waals surface area contributed by atoms with E-state index in [1.807, 2.05) is 27.0 Å². The number of hydrogen-bond acceptors (Lipinski definition) is 5. The minimum absolute atomic E-state index is 0.0298. The van der Waals surface area contributed by atoms with E-state index in [-0.39, 0.29) is 35.6 Å². The molecule has 0 unspecified atom stereocenters. The van der Waals surface area contributed by atoms with Crippen molar-refractivity contribution < 1.29 is 18.4 Å². The molecule has 1 saturated heterocycles. The summed E-state index contributed by atoms with van der Waals surface area (Å²) in [6.45, 7) is 11.8. The zero-order chi connectivity index (χ0) is 24.6. The van der Waals surface area contributed by atoms with E-state index in [9.17, 15) is 18.4 Å². The van der Waals surface area contributed by atoms with E-state index in [0.717, 1.165) is 24.3 Å². The molecule has 9 heteroatoms. The first-order valence-electron chi connectivity index (χ1n) is 11.5. The second-order valence-electron chi connectivity index (χ2n) is 10.7. The molecule has 1 amide bonds. The molecule has 0 atom stereocenters. The molecule has 2 aliphatic rings. The minimum atomic E-state index is -2.55. The van der Waals surface area contributed by atoms with Gasteiger partial charge in [-0.2, -0.15) is 5.10 Å². The number of nitrogens with one attached hydrogen (secondary N) is 1. The lowest BCUT2D eigenvalue weighted by atomic mass is 9.82. The van der Waals surface area contributed by atoms with Crippen LogP contribution in [0.15, 0.2) is 12.3 Å². The van der Waals surface area contributed by atoms with Crippen LogP contribution in [0.3, 0.4) is 0 Å². The van der Waals surface area contributed by atoms with Gasteiger partial charge in [0.15, 0.2) is 11.9 Å². The summed E-state index contributed by atoms with van der Waals surface area (Å²) in [6.07, 6.45) is 2.98. The zero-order valence-electron chi connectivity index (χ0n) is 20.4. The number of fused-ring (bicyclic) bond motifs is 1. The number of hydrogen-bond donors (Lipinski definition) is 1. The molecular formula is C24H35F2N5O2. The number of aromatic nitrogens is 3. The molecule has 1 saturated carbocycles. The Morgan fingerprint density at radius 2 is 1.85 bits per heavy atom. The lowest BCUT2D eigenvalue weighted by Gasteiger charge is -2.38. The van der Waals surface area contributed by atoms with Gasteiger partial charge in [-0.25, -0.2) is 18.3 Å². The summed E-state index contributed by atoms with van der Waals surface area (Å²) in [5.74, 6) is -2.39. The van der Waals surface area contributed by atoms with Crippen molar-refractivity contribution in [3.63, 3.8) is 0 Å². The number of likely N-dealkylation sites (N-methyl/N-ethyl adjacent to an activating group) is 1. The summed E-state index contributed by atoms with van der Waals surface area (Å²) in [4.78, 5) is 28.6. The second-order valence-corrected chi connectivity index (χ2v) is 10.7. The van der Waals surface area contributed by atoms with Gasteiger partial charge >= 0.3 is 0 Å². The van der Waals surface area contributed by atoms with Gasteiger partial charge in [-0.05, 0) is 45.2 Å². The monoisotopic (exact) mass is 463 g/mol. The van der Waals surface area contributed by atoms with E-state index < -0.39 is 5.92 Å². The lowest BCUT2D eigenvalue weighted by Crippen LogP contribution is -2.60. The molecule has 2 aromatic rings. The normalized spacial score (nSPS) is 21.3. The third-order valence-corrected chi connectivity index (χ3v) is 6.77. The Balaban J connectivity index is 0.000000257. The molecule has 33 heavy (non-hydrogen) atoms. The fraction of sp³-hybridized carbons (Fsp3) is 0.667. The molecule has 7 nitrogen and oxygen atoms in total. The Hall–Kier alpha value is -2.42. The van der Waals surface area contributed by atoms with Crippen molar-refractivity contribution in [2.24, 2.45) is 0 Å². The largest absolute Gasteiger partial charge is 0.353 e. The highest BCUT2D eigenvalue weighted by Crippen LogP contribution is 2.41. The number of carbonyl (C=O) groups excluding carboxylic acids is 2. The Morgan fingerprint density at radius 3 is 2.36 bits per heavy atom. The summed E-state index contributed by atoms with van der Waals surface area (Å²) in [5, 5.41) is 7.36. The maximum absolute atomic E-state index is 13.4. The topological polar surface area (TPSA) is 79.6 Å². The van der Waals surface area contributed by atoms with E-state index in [4.69, 9.17) is 0 Å². The molecular weight excluding hydrogens is 428 g/mol. The fourth-order valence-corrected chi connectivity index (χ4v) is 4.16. The molecule has 0 radical (unpaired) electrons. The van der Waals surface area contributed by atoms with Crippen LogP contribution < -0.4 is 5.32 Å². The molecule has 0 aromatic carbocycles. The quantitative estimate of drug-likeness (QED) is 0.682. The number of rotatable bonds is 2. The maximum atomic E-state index is 13.4. The van der Waals surface area contributed by atoms with E-state index in [1.165, 1.54) is 0 Å². The van der Waals surface area contributed by atoms with Gasteiger partial charge in [0.05, 0.1) is 17.4 Å². The molecule has 2 aromatic heterocycles. The summed E-state index contributed by atoms with van der Waals surface area (Å²) in [5.41, 5.74) is 2.28. The van der Waals surface area contributed by atoms with Crippen molar-refractivity contribution in [2.45, 2.75) is 83.1 Å². The highest BCUT2D eigenvalue weighted by Gasteiger charge is 2.37. The van der Waals surface area contributed by atoms with Crippen molar-refractivity contribution in [3.05, 3.63) is 29.2 Å². The predicted molar refractivity (Wildman–Crippen MR) is 123 cm³/mol. The van der Waals surface area contributed by atoms with Crippen LogP contribution in [0.1, 0.15) is 88.0 Å². The molecule has 4 rings (SSSR count). The molecule has 3 heterocycles. The molecule has 1 aliphatic carbocycles. The highest BCUT2D eigenvalue weighted by molar-refractivity contribution is 5.86. The predicted octanol–water partition coefficient (Wildman–Crippen LogP) is 3.96. The first-order valence-corrected chi connectivity index (χ1v) is 11.5. The average molecular weight is 464 g/mol.